The number of carbonyl (C=O) groups is 2. The summed E-state index contributed by atoms with van der Waals surface area (Å²) in [6.07, 6.45) is 0.271. The fraction of sp³-hybridized carbons (Fsp3) is 0.263. The number of ether oxygens (including phenoxy) is 1. The molecule has 0 spiro atoms. The lowest BCUT2D eigenvalue weighted by atomic mass is 10.1. The van der Waals surface area contributed by atoms with E-state index in [1.807, 2.05) is 19.1 Å². The minimum atomic E-state index is -0.300. The molecule has 25 heavy (non-hydrogen) atoms. The molecule has 1 saturated heterocycles. The molecule has 3 rings (SSSR count). The number of nitrogens with zero attached hydrogens (tertiary/aromatic N) is 1. The zero-order chi connectivity index (χ0) is 17.8. The van der Waals surface area contributed by atoms with Gasteiger partial charge in [0.25, 0.3) is 0 Å². The van der Waals surface area contributed by atoms with Crippen LogP contribution in [-0.2, 0) is 9.59 Å². The second-order valence-electron chi connectivity index (χ2n) is 5.88. The highest BCUT2D eigenvalue weighted by molar-refractivity contribution is 6.32. The van der Waals surface area contributed by atoms with Crippen LogP contribution in [-0.4, -0.2) is 29.8 Å². The molecule has 2 amide bonds. The van der Waals surface area contributed by atoms with E-state index in [0.717, 1.165) is 0 Å². The second kappa shape index (κ2) is 7.57. The number of likely N-dealkylation sites (tertiary alicyclic amines) is 1. The van der Waals surface area contributed by atoms with Crippen molar-refractivity contribution < 1.29 is 14.3 Å². The Hall–Kier alpha value is -2.53. The Labute approximate surface area is 151 Å². The number of halogens is 1. The lowest BCUT2D eigenvalue weighted by Crippen LogP contribution is -2.28. The molecule has 1 aliphatic rings. The number of nitrogens with one attached hydrogen (secondary N) is 1. The van der Waals surface area contributed by atoms with Crippen LogP contribution in [0.25, 0.3) is 0 Å². The van der Waals surface area contributed by atoms with Crippen molar-refractivity contribution in [2.45, 2.75) is 13.3 Å². The number of anilines is 1. The third kappa shape index (κ3) is 4.12. The first-order valence-corrected chi connectivity index (χ1v) is 8.55. The number of hydrogen-bond donors (Lipinski definition) is 1. The second-order valence-corrected chi connectivity index (χ2v) is 6.29. The van der Waals surface area contributed by atoms with E-state index in [-0.39, 0.29) is 24.2 Å². The molecule has 1 heterocycles. The van der Waals surface area contributed by atoms with Gasteiger partial charge >= 0.3 is 0 Å². The summed E-state index contributed by atoms with van der Waals surface area (Å²) in [4.78, 5) is 25.7. The maximum Gasteiger partial charge on any atom is 0.229 e. The molecule has 1 fully saturated rings. The van der Waals surface area contributed by atoms with Crippen molar-refractivity contribution in [3.05, 3.63) is 53.6 Å². The molecule has 0 aromatic heterocycles. The summed E-state index contributed by atoms with van der Waals surface area (Å²) in [6.45, 7) is 3.03. The molecule has 0 bridgehead atoms. The van der Waals surface area contributed by atoms with Gasteiger partial charge in [-0.2, -0.15) is 0 Å². The minimum absolute atomic E-state index is 0.0335. The minimum Gasteiger partial charge on any atom is -0.456 e. The van der Waals surface area contributed by atoms with Gasteiger partial charge in [0.15, 0.2) is 0 Å². The van der Waals surface area contributed by atoms with Gasteiger partial charge in [-0.25, -0.2) is 0 Å². The van der Waals surface area contributed by atoms with Crippen molar-refractivity contribution in [3.63, 3.8) is 0 Å². The van der Waals surface area contributed by atoms with E-state index in [4.69, 9.17) is 16.3 Å². The third-order valence-corrected chi connectivity index (χ3v) is 4.47. The van der Waals surface area contributed by atoms with Crippen LogP contribution in [0.15, 0.2) is 48.5 Å². The topological polar surface area (TPSA) is 58.6 Å². The van der Waals surface area contributed by atoms with Crippen LogP contribution < -0.4 is 10.1 Å². The van der Waals surface area contributed by atoms with Gasteiger partial charge in [0.05, 0.1) is 10.9 Å². The standard InChI is InChI=1S/C19H19ClN2O3/c1-2-22-12-13(11-18(22)23)19(24)21-14-7-9-15(10-8-14)25-17-6-4-3-5-16(17)20/h3-10,13H,2,11-12H2,1H3,(H,21,24). The molecule has 130 valence electrons. The summed E-state index contributed by atoms with van der Waals surface area (Å²) >= 11 is 6.07. The van der Waals surface area contributed by atoms with E-state index < -0.39 is 0 Å². The Morgan fingerprint density at radius 3 is 2.60 bits per heavy atom. The normalized spacial score (nSPS) is 16.8. The largest absolute Gasteiger partial charge is 0.456 e. The number of rotatable bonds is 5. The van der Waals surface area contributed by atoms with Gasteiger partial charge in [0, 0.05) is 25.2 Å². The first-order valence-electron chi connectivity index (χ1n) is 8.18. The number of hydrogen-bond acceptors (Lipinski definition) is 3. The highest BCUT2D eigenvalue weighted by Gasteiger charge is 2.33. The van der Waals surface area contributed by atoms with Gasteiger partial charge in [0.1, 0.15) is 11.5 Å². The van der Waals surface area contributed by atoms with Crippen LogP contribution in [0.5, 0.6) is 11.5 Å². The maximum absolute atomic E-state index is 12.3. The molecule has 0 saturated carbocycles. The van der Waals surface area contributed by atoms with Gasteiger partial charge in [-0.15, -0.1) is 0 Å². The van der Waals surface area contributed by atoms with Gasteiger partial charge < -0.3 is 15.0 Å². The van der Waals surface area contributed by atoms with Crippen LogP contribution in [0.1, 0.15) is 13.3 Å². The van der Waals surface area contributed by atoms with E-state index in [9.17, 15) is 9.59 Å². The summed E-state index contributed by atoms with van der Waals surface area (Å²) in [5, 5.41) is 3.39. The third-order valence-electron chi connectivity index (χ3n) is 4.15. The van der Waals surface area contributed by atoms with Gasteiger partial charge in [-0.1, -0.05) is 23.7 Å². The molecule has 1 atom stereocenters. The fourth-order valence-corrected chi connectivity index (χ4v) is 2.93. The Bertz CT molecular complexity index is 776. The Kier molecular flexibility index (Phi) is 5.24. The quantitative estimate of drug-likeness (QED) is 0.880. The zero-order valence-electron chi connectivity index (χ0n) is 13.9. The molecule has 0 radical (unpaired) electrons. The van der Waals surface area contributed by atoms with Crippen LogP contribution in [0.2, 0.25) is 5.02 Å². The van der Waals surface area contributed by atoms with Crippen LogP contribution in [0.3, 0.4) is 0 Å². The lowest BCUT2D eigenvalue weighted by molar-refractivity contribution is -0.128. The van der Waals surface area contributed by atoms with E-state index in [2.05, 4.69) is 5.32 Å². The van der Waals surface area contributed by atoms with Crippen molar-refractivity contribution in [1.29, 1.82) is 0 Å². The predicted molar refractivity (Wildman–Crippen MR) is 97.0 cm³/mol. The first-order chi connectivity index (χ1) is 12.1. The SMILES string of the molecule is CCN1CC(C(=O)Nc2ccc(Oc3ccccc3Cl)cc2)CC1=O. The molecule has 2 aromatic rings. The molecule has 1 aliphatic heterocycles. The maximum atomic E-state index is 12.3. The van der Waals surface area contributed by atoms with Crippen molar-refractivity contribution in [3.8, 4) is 11.5 Å². The van der Waals surface area contributed by atoms with Crippen LogP contribution >= 0.6 is 11.6 Å². The Morgan fingerprint density at radius 2 is 1.96 bits per heavy atom. The van der Waals surface area contributed by atoms with Crippen molar-refractivity contribution in [2.75, 3.05) is 18.4 Å². The molecule has 1 unspecified atom stereocenters. The highest BCUT2D eigenvalue weighted by atomic mass is 35.5. The average molecular weight is 359 g/mol. The summed E-state index contributed by atoms with van der Waals surface area (Å²) in [5.41, 5.74) is 0.666. The van der Waals surface area contributed by atoms with E-state index in [1.165, 1.54) is 0 Å². The Balaban J connectivity index is 1.60. The van der Waals surface area contributed by atoms with Crippen LogP contribution in [0, 0.1) is 5.92 Å². The first kappa shape index (κ1) is 17.3. The van der Waals surface area contributed by atoms with E-state index in [0.29, 0.717) is 35.3 Å². The van der Waals surface area contributed by atoms with Gasteiger partial charge in [-0.05, 0) is 43.3 Å². The lowest BCUT2D eigenvalue weighted by Gasteiger charge is -2.14. The molecule has 5 nitrogen and oxygen atoms in total. The van der Waals surface area contributed by atoms with Crippen LogP contribution in [0.4, 0.5) is 5.69 Å². The number of amides is 2. The highest BCUT2D eigenvalue weighted by Crippen LogP contribution is 2.29. The molecule has 2 aromatic carbocycles. The number of benzene rings is 2. The van der Waals surface area contributed by atoms with Gasteiger partial charge in [-0.3, -0.25) is 9.59 Å². The molecule has 0 aliphatic carbocycles. The molecule has 6 heteroatoms. The summed E-state index contributed by atoms with van der Waals surface area (Å²) in [7, 11) is 0. The molecule has 1 N–H and O–H groups in total. The van der Waals surface area contributed by atoms with Crippen molar-refractivity contribution in [2.24, 2.45) is 5.92 Å². The Morgan fingerprint density at radius 1 is 1.24 bits per heavy atom. The number of carbonyl (C=O) groups excluding carboxylic acids is 2. The predicted octanol–water partition coefficient (Wildman–Crippen LogP) is 3.94. The molecular formula is C19H19ClN2O3. The van der Waals surface area contributed by atoms with Gasteiger partial charge in [0.2, 0.25) is 11.8 Å². The summed E-state index contributed by atoms with van der Waals surface area (Å²) < 4.78 is 5.72. The summed E-state index contributed by atoms with van der Waals surface area (Å²) in [6, 6.07) is 14.3. The molecular weight excluding hydrogens is 340 g/mol. The fourth-order valence-electron chi connectivity index (χ4n) is 2.76. The van der Waals surface area contributed by atoms with Crippen molar-refractivity contribution >= 4 is 29.1 Å². The summed E-state index contributed by atoms with van der Waals surface area (Å²) in [5.74, 6) is 0.797. The zero-order valence-corrected chi connectivity index (χ0v) is 14.6. The smallest absolute Gasteiger partial charge is 0.229 e. The van der Waals surface area contributed by atoms with Crippen molar-refractivity contribution in [1.82, 2.24) is 4.90 Å². The van der Waals surface area contributed by atoms with E-state index >= 15 is 0 Å². The average Bonchev–Trinajstić information content (AvgIpc) is 3.00. The number of para-hydroxylation sites is 1. The monoisotopic (exact) mass is 358 g/mol. The van der Waals surface area contributed by atoms with E-state index in [1.54, 1.807) is 41.3 Å².